The predicted molar refractivity (Wildman–Crippen MR) is 146 cm³/mol. The van der Waals surface area contributed by atoms with Gasteiger partial charge in [0.2, 0.25) is 11.8 Å². The zero-order valence-corrected chi connectivity index (χ0v) is 21.9. The second-order valence-electron chi connectivity index (χ2n) is 8.62. The zero-order valence-electron chi connectivity index (χ0n) is 21.9. The van der Waals surface area contributed by atoms with Gasteiger partial charge in [0.05, 0.1) is 18.4 Å². The van der Waals surface area contributed by atoms with Gasteiger partial charge in [-0.05, 0) is 30.7 Å². The van der Waals surface area contributed by atoms with Gasteiger partial charge in [0, 0.05) is 30.9 Å². The normalized spacial score (nSPS) is 11.2. The van der Waals surface area contributed by atoms with Crippen LogP contribution in [0.2, 0.25) is 0 Å². The standard InChI is InChI=1S/C20H22N8O5.C4H3FN2O2/c1-28(9-11-8-23-17-15(24-11)16(21)26-20(22)27-17)12-4-2-10(3-5-12)18(31)25-13(19(32)33)6-7-14(29)30;5-2-1-6-4(9)7-3(2)8/h2-5,8,13H,6-7,9H2,1H3,(H,25,31)(H,29,30)(H,32,33)(H4,21,22,23,26,27);1H,(H2,6,7,8,9)/t13-;/m0./s1. The summed E-state index contributed by atoms with van der Waals surface area (Å²) in [5.41, 5.74) is 11.9. The van der Waals surface area contributed by atoms with E-state index in [2.05, 4.69) is 25.3 Å². The van der Waals surface area contributed by atoms with Crippen molar-refractivity contribution in [1.29, 1.82) is 0 Å². The summed E-state index contributed by atoms with van der Waals surface area (Å²) in [6.45, 7) is 0.370. The molecule has 0 unspecified atom stereocenters. The molecule has 3 aromatic heterocycles. The van der Waals surface area contributed by atoms with Crippen LogP contribution in [0.5, 0.6) is 0 Å². The first kappa shape index (κ1) is 30.6. The van der Waals surface area contributed by atoms with Crippen molar-refractivity contribution in [3.8, 4) is 0 Å². The van der Waals surface area contributed by atoms with E-state index in [0.29, 0.717) is 29.6 Å². The van der Waals surface area contributed by atoms with Crippen LogP contribution in [-0.2, 0) is 16.1 Å². The number of nitrogens with zero attached hydrogens (tertiary/aromatic N) is 5. The molecule has 0 aliphatic heterocycles. The predicted octanol–water partition coefficient (Wildman–Crippen LogP) is -0.529. The largest absolute Gasteiger partial charge is 0.481 e. The quantitative estimate of drug-likeness (QED) is 0.130. The second kappa shape index (κ2) is 13.4. The van der Waals surface area contributed by atoms with E-state index in [1.165, 1.54) is 12.1 Å². The molecule has 0 bridgehead atoms. The number of aromatic nitrogens is 6. The zero-order chi connectivity index (χ0) is 31.0. The second-order valence-corrected chi connectivity index (χ2v) is 8.62. The summed E-state index contributed by atoms with van der Waals surface area (Å²) in [7, 11) is 1.82. The number of hydrogen-bond acceptors (Lipinski definition) is 12. The molecular formula is C24H25FN10O7. The highest BCUT2D eigenvalue weighted by molar-refractivity contribution is 5.97. The highest BCUT2D eigenvalue weighted by Gasteiger charge is 2.21. The number of carbonyl (C=O) groups excluding carboxylic acids is 1. The number of fused-ring (bicyclic) bond motifs is 1. The van der Waals surface area contributed by atoms with Crippen LogP contribution in [0.1, 0.15) is 28.9 Å². The topological polar surface area (TPSA) is 276 Å². The molecule has 42 heavy (non-hydrogen) atoms. The molecule has 0 saturated carbocycles. The van der Waals surface area contributed by atoms with E-state index < -0.39 is 41.0 Å². The van der Waals surface area contributed by atoms with E-state index in [-0.39, 0.29) is 30.2 Å². The first-order valence-electron chi connectivity index (χ1n) is 11.9. The molecule has 0 fully saturated rings. The fourth-order valence-electron chi connectivity index (χ4n) is 3.42. The number of carboxylic acids is 2. The minimum Gasteiger partial charge on any atom is -0.481 e. The summed E-state index contributed by atoms with van der Waals surface area (Å²) in [4.78, 5) is 76.7. The summed E-state index contributed by atoms with van der Waals surface area (Å²) < 4.78 is 12.0. The Morgan fingerprint density at radius 1 is 1.10 bits per heavy atom. The van der Waals surface area contributed by atoms with Crippen molar-refractivity contribution < 1.29 is 29.0 Å². The van der Waals surface area contributed by atoms with Crippen molar-refractivity contribution in [2.24, 2.45) is 0 Å². The Kier molecular flexibility index (Phi) is 9.77. The molecule has 9 N–H and O–H groups in total. The minimum atomic E-state index is -1.30. The molecule has 18 heteroatoms. The molecule has 0 aliphatic rings. The summed E-state index contributed by atoms with van der Waals surface area (Å²) in [6, 6.07) is 5.16. The molecule has 1 aromatic carbocycles. The molecule has 3 heterocycles. The molecule has 0 radical (unpaired) electrons. The molecule has 4 rings (SSSR count). The third-order valence-corrected chi connectivity index (χ3v) is 5.49. The number of nitrogens with two attached hydrogens (primary N) is 2. The van der Waals surface area contributed by atoms with Gasteiger partial charge in [-0.15, -0.1) is 0 Å². The highest BCUT2D eigenvalue weighted by atomic mass is 19.1. The van der Waals surface area contributed by atoms with Crippen molar-refractivity contribution in [3.63, 3.8) is 0 Å². The number of nitrogen functional groups attached to an aromatic ring is 2. The molecule has 17 nitrogen and oxygen atoms in total. The van der Waals surface area contributed by atoms with Gasteiger partial charge in [0.15, 0.2) is 17.0 Å². The Morgan fingerprint density at radius 2 is 1.79 bits per heavy atom. The summed E-state index contributed by atoms with van der Waals surface area (Å²) in [5.74, 6) is -3.90. The fourth-order valence-corrected chi connectivity index (χ4v) is 3.42. The Bertz CT molecular complexity index is 1730. The van der Waals surface area contributed by atoms with Gasteiger partial charge in [-0.1, -0.05) is 0 Å². The third kappa shape index (κ3) is 8.28. The number of amides is 1. The maximum Gasteiger partial charge on any atom is 0.326 e. The first-order chi connectivity index (χ1) is 19.8. The van der Waals surface area contributed by atoms with Crippen molar-refractivity contribution in [1.82, 2.24) is 35.2 Å². The maximum absolute atomic E-state index is 12.4. The molecule has 4 aromatic rings. The Balaban J connectivity index is 0.000000458. The van der Waals surface area contributed by atoms with E-state index in [9.17, 15) is 33.5 Å². The average Bonchev–Trinajstić information content (AvgIpc) is 2.93. The maximum atomic E-state index is 12.4. The average molecular weight is 585 g/mol. The number of aromatic amines is 2. The molecule has 0 saturated heterocycles. The Labute approximate surface area is 234 Å². The number of halogens is 1. The lowest BCUT2D eigenvalue weighted by molar-refractivity contribution is -0.140. The number of anilines is 3. The summed E-state index contributed by atoms with van der Waals surface area (Å²) >= 11 is 0. The first-order valence-corrected chi connectivity index (χ1v) is 11.9. The number of H-pyrrole nitrogens is 2. The van der Waals surface area contributed by atoms with Crippen LogP contribution in [0.25, 0.3) is 11.2 Å². The Hall–Kier alpha value is -5.94. The SMILES string of the molecule is CN(Cc1cnc2nc(N)nc(N)c2n1)c1ccc(C(=O)N[C@@H](CCC(=O)O)C(=O)O)cc1.O=c1[nH]cc(F)c(=O)[nH]1. The molecule has 0 spiro atoms. The number of carboxylic acid groups (broad SMARTS) is 2. The summed E-state index contributed by atoms with van der Waals surface area (Å²) in [6.07, 6.45) is 1.67. The third-order valence-electron chi connectivity index (χ3n) is 5.49. The van der Waals surface area contributed by atoms with Crippen LogP contribution < -0.4 is 32.9 Å². The van der Waals surface area contributed by atoms with Crippen molar-refractivity contribution in [2.75, 3.05) is 23.4 Å². The molecule has 220 valence electrons. The number of benzene rings is 1. The van der Waals surface area contributed by atoms with Gasteiger partial charge in [-0.25, -0.2) is 19.6 Å². The van der Waals surface area contributed by atoms with E-state index in [1.807, 2.05) is 16.9 Å². The van der Waals surface area contributed by atoms with Crippen LogP contribution in [0.15, 0.2) is 46.2 Å². The molecule has 1 amide bonds. The number of aliphatic carboxylic acids is 2. The molecule has 1 atom stereocenters. The van der Waals surface area contributed by atoms with E-state index in [4.69, 9.17) is 16.6 Å². The van der Waals surface area contributed by atoms with Gasteiger partial charge in [-0.3, -0.25) is 19.4 Å². The monoisotopic (exact) mass is 584 g/mol. The number of nitrogens with one attached hydrogen (secondary N) is 3. The van der Waals surface area contributed by atoms with E-state index in [1.54, 1.807) is 23.3 Å². The van der Waals surface area contributed by atoms with Gasteiger partial charge in [0.1, 0.15) is 6.04 Å². The van der Waals surface area contributed by atoms with Crippen LogP contribution in [0, 0.1) is 5.82 Å². The van der Waals surface area contributed by atoms with Crippen molar-refractivity contribution in [2.45, 2.75) is 25.4 Å². The van der Waals surface area contributed by atoms with Gasteiger partial charge in [0.25, 0.3) is 11.5 Å². The van der Waals surface area contributed by atoms with E-state index in [0.717, 1.165) is 5.69 Å². The number of rotatable bonds is 9. The van der Waals surface area contributed by atoms with Gasteiger partial charge < -0.3 is 36.9 Å². The van der Waals surface area contributed by atoms with E-state index >= 15 is 0 Å². The highest BCUT2D eigenvalue weighted by Crippen LogP contribution is 2.19. The fraction of sp³-hybridized carbons (Fsp3) is 0.208. The van der Waals surface area contributed by atoms with Crippen molar-refractivity contribution in [3.05, 3.63) is 74.6 Å². The summed E-state index contributed by atoms with van der Waals surface area (Å²) in [5, 5.41) is 20.2. The van der Waals surface area contributed by atoms with Gasteiger partial charge in [-0.2, -0.15) is 14.4 Å². The van der Waals surface area contributed by atoms with Gasteiger partial charge >= 0.3 is 17.6 Å². The van der Waals surface area contributed by atoms with Crippen molar-refractivity contribution >= 4 is 46.5 Å². The van der Waals surface area contributed by atoms with Crippen LogP contribution in [0.3, 0.4) is 0 Å². The number of hydrogen-bond donors (Lipinski definition) is 7. The van der Waals surface area contributed by atoms with Crippen LogP contribution in [-0.4, -0.2) is 71.1 Å². The lowest BCUT2D eigenvalue weighted by Gasteiger charge is -2.19. The lowest BCUT2D eigenvalue weighted by Crippen LogP contribution is -2.41. The minimum absolute atomic E-state index is 0.0138. The smallest absolute Gasteiger partial charge is 0.326 e. The Morgan fingerprint density at radius 3 is 2.38 bits per heavy atom. The van der Waals surface area contributed by atoms with Crippen LogP contribution >= 0.6 is 0 Å². The lowest BCUT2D eigenvalue weighted by atomic mass is 10.1. The number of carbonyl (C=O) groups is 3. The van der Waals surface area contributed by atoms with Crippen LogP contribution in [0.4, 0.5) is 21.8 Å². The molecule has 0 aliphatic carbocycles. The molecular weight excluding hydrogens is 559 g/mol.